The highest BCUT2D eigenvalue weighted by Gasteiger charge is 2.40. The maximum Gasteiger partial charge on any atom is 0.117 e. The summed E-state index contributed by atoms with van der Waals surface area (Å²) in [6.07, 6.45) is 7.69. The molecule has 22 heavy (non-hydrogen) atoms. The summed E-state index contributed by atoms with van der Waals surface area (Å²) in [7, 11) is 0. The van der Waals surface area contributed by atoms with Crippen LogP contribution in [0.15, 0.2) is 34.4 Å². The minimum atomic E-state index is 0.548. The molecule has 2 aromatic heterocycles. The van der Waals surface area contributed by atoms with Gasteiger partial charge < -0.3 is 4.42 Å². The lowest BCUT2D eigenvalue weighted by Crippen LogP contribution is -2.41. The first-order chi connectivity index (χ1) is 10.8. The summed E-state index contributed by atoms with van der Waals surface area (Å²) in [6.45, 7) is 6.88. The Hall–Kier alpha value is -1.17. The van der Waals surface area contributed by atoms with Crippen molar-refractivity contribution in [3.8, 4) is 0 Å². The zero-order valence-corrected chi connectivity index (χ0v) is 13.7. The molecule has 118 valence electrons. The van der Waals surface area contributed by atoms with E-state index in [-0.39, 0.29) is 0 Å². The average molecular weight is 317 g/mol. The highest BCUT2D eigenvalue weighted by molar-refractivity contribution is 7.09. The molecule has 0 amide bonds. The third-order valence-electron chi connectivity index (χ3n) is 5.24. The minimum absolute atomic E-state index is 0.548. The van der Waals surface area contributed by atoms with Gasteiger partial charge in [0, 0.05) is 18.1 Å². The van der Waals surface area contributed by atoms with Gasteiger partial charge in [-0.1, -0.05) is 0 Å². The van der Waals surface area contributed by atoms with Crippen molar-refractivity contribution in [2.24, 2.45) is 5.41 Å². The molecular weight excluding hydrogens is 294 g/mol. The molecular formula is C17H23N3OS. The van der Waals surface area contributed by atoms with Crippen LogP contribution in [0, 0.1) is 5.41 Å². The topological polar surface area (TPSA) is 32.5 Å². The van der Waals surface area contributed by atoms with Gasteiger partial charge in [0.2, 0.25) is 0 Å². The molecule has 0 saturated carbocycles. The average Bonchev–Trinajstić information content (AvgIpc) is 3.26. The first-order valence-electron chi connectivity index (χ1n) is 8.17. The van der Waals surface area contributed by atoms with Crippen LogP contribution in [0.4, 0.5) is 0 Å². The fourth-order valence-electron chi connectivity index (χ4n) is 3.90. The standard InChI is InChI=1S/C17H23N3OS/c1-2-15(21-10-1)12-20-9-5-17(14-20)3-7-19(8-4-17)13-16-18-6-11-22-16/h1-2,6,10-11H,3-5,7-9,12-14H2. The van der Waals surface area contributed by atoms with E-state index in [0.29, 0.717) is 5.41 Å². The van der Waals surface area contributed by atoms with Crippen LogP contribution in [0.1, 0.15) is 30.0 Å². The molecule has 4 heterocycles. The van der Waals surface area contributed by atoms with Gasteiger partial charge in [0.25, 0.3) is 0 Å². The van der Waals surface area contributed by atoms with Gasteiger partial charge in [-0.3, -0.25) is 9.80 Å². The van der Waals surface area contributed by atoms with E-state index in [2.05, 4.69) is 26.2 Å². The molecule has 0 aliphatic carbocycles. The number of furan rings is 1. The Balaban J connectivity index is 1.29. The Kier molecular flexibility index (Phi) is 4.03. The van der Waals surface area contributed by atoms with Crippen molar-refractivity contribution in [1.29, 1.82) is 0 Å². The fraction of sp³-hybridized carbons (Fsp3) is 0.588. The smallest absolute Gasteiger partial charge is 0.117 e. The molecule has 2 saturated heterocycles. The van der Waals surface area contributed by atoms with E-state index in [1.807, 2.05) is 12.3 Å². The van der Waals surface area contributed by atoms with Crippen LogP contribution < -0.4 is 0 Å². The molecule has 0 unspecified atom stereocenters. The van der Waals surface area contributed by atoms with Crippen LogP contribution >= 0.6 is 11.3 Å². The van der Waals surface area contributed by atoms with E-state index < -0.39 is 0 Å². The lowest BCUT2D eigenvalue weighted by atomic mass is 9.78. The van der Waals surface area contributed by atoms with Crippen molar-refractivity contribution < 1.29 is 4.42 Å². The van der Waals surface area contributed by atoms with Crippen LogP contribution in [-0.4, -0.2) is 41.0 Å². The molecule has 4 nitrogen and oxygen atoms in total. The SMILES string of the molecule is c1coc(CN2CCC3(CCN(Cc4nccs4)CC3)C2)c1. The van der Waals surface area contributed by atoms with Gasteiger partial charge in [0.15, 0.2) is 0 Å². The second-order valence-corrected chi connectivity index (χ2v) is 7.72. The van der Waals surface area contributed by atoms with Crippen molar-refractivity contribution in [2.45, 2.75) is 32.4 Å². The summed E-state index contributed by atoms with van der Waals surface area (Å²) in [5, 5.41) is 3.33. The van der Waals surface area contributed by atoms with Gasteiger partial charge in [-0.15, -0.1) is 11.3 Å². The molecule has 2 aliphatic heterocycles. The minimum Gasteiger partial charge on any atom is -0.468 e. The molecule has 1 spiro atoms. The second kappa shape index (κ2) is 6.14. The summed E-state index contributed by atoms with van der Waals surface area (Å²) < 4.78 is 5.49. The highest BCUT2D eigenvalue weighted by Crippen LogP contribution is 2.41. The third kappa shape index (κ3) is 3.12. The van der Waals surface area contributed by atoms with E-state index in [0.717, 1.165) is 18.8 Å². The van der Waals surface area contributed by atoms with Gasteiger partial charge in [0.1, 0.15) is 10.8 Å². The number of likely N-dealkylation sites (tertiary alicyclic amines) is 2. The number of thiazole rings is 1. The number of piperidine rings is 1. The van der Waals surface area contributed by atoms with E-state index >= 15 is 0 Å². The first kappa shape index (κ1) is 14.4. The molecule has 0 bridgehead atoms. The van der Waals surface area contributed by atoms with Crippen LogP contribution in [0.3, 0.4) is 0 Å². The molecule has 2 aromatic rings. The highest BCUT2D eigenvalue weighted by atomic mass is 32.1. The van der Waals surface area contributed by atoms with Crippen molar-refractivity contribution >= 4 is 11.3 Å². The van der Waals surface area contributed by atoms with E-state index in [4.69, 9.17) is 4.42 Å². The Labute approximate surface area is 135 Å². The summed E-state index contributed by atoms with van der Waals surface area (Å²) >= 11 is 1.77. The lowest BCUT2D eigenvalue weighted by Gasteiger charge is -2.39. The predicted molar refractivity (Wildman–Crippen MR) is 87.7 cm³/mol. The lowest BCUT2D eigenvalue weighted by molar-refractivity contribution is 0.101. The van der Waals surface area contributed by atoms with E-state index in [1.54, 1.807) is 17.6 Å². The van der Waals surface area contributed by atoms with Crippen molar-refractivity contribution in [3.05, 3.63) is 40.7 Å². The fourth-order valence-corrected chi connectivity index (χ4v) is 4.56. The molecule has 5 heteroatoms. The van der Waals surface area contributed by atoms with E-state index in [1.165, 1.54) is 50.4 Å². The zero-order chi connectivity index (χ0) is 14.8. The Morgan fingerprint density at radius 3 is 2.64 bits per heavy atom. The Morgan fingerprint density at radius 2 is 1.95 bits per heavy atom. The van der Waals surface area contributed by atoms with Crippen LogP contribution in [-0.2, 0) is 13.1 Å². The maximum absolute atomic E-state index is 5.49. The van der Waals surface area contributed by atoms with Crippen LogP contribution in [0.2, 0.25) is 0 Å². The Morgan fingerprint density at radius 1 is 1.14 bits per heavy atom. The number of rotatable bonds is 4. The number of hydrogen-bond acceptors (Lipinski definition) is 5. The maximum atomic E-state index is 5.49. The van der Waals surface area contributed by atoms with Gasteiger partial charge in [-0.2, -0.15) is 0 Å². The number of aromatic nitrogens is 1. The molecule has 0 aromatic carbocycles. The zero-order valence-electron chi connectivity index (χ0n) is 12.9. The summed E-state index contributed by atoms with van der Waals surface area (Å²) in [5.41, 5.74) is 0.548. The van der Waals surface area contributed by atoms with Crippen LogP contribution in [0.25, 0.3) is 0 Å². The Bertz CT molecular complexity index is 573. The molecule has 2 fully saturated rings. The van der Waals surface area contributed by atoms with E-state index in [9.17, 15) is 0 Å². The molecule has 0 atom stereocenters. The molecule has 2 aliphatic rings. The summed E-state index contributed by atoms with van der Waals surface area (Å²) in [5.74, 6) is 1.10. The number of hydrogen-bond donors (Lipinski definition) is 0. The molecule has 4 rings (SSSR count). The third-order valence-corrected chi connectivity index (χ3v) is 6.00. The van der Waals surface area contributed by atoms with Crippen molar-refractivity contribution in [3.63, 3.8) is 0 Å². The van der Waals surface area contributed by atoms with Crippen molar-refractivity contribution in [2.75, 3.05) is 26.2 Å². The first-order valence-corrected chi connectivity index (χ1v) is 9.05. The summed E-state index contributed by atoms with van der Waals surface area (Å²) in [6, 6.07) is 4.07. The number of nitrogens with zero attached hydrogens (tertiary/aromatic N) is 3. The van der Waals surface area contributed by atoms with Crippen molar-refractivity contribution in [1.82, 2.24) is 14.8 Å². The van der Waals surface area contributed by atoms with Gasteiger partial charge in [0.05, 0.1) is 19.4 Å². The monoisotopic (exact) mass is 317 g/mol. The van der Waals surface area contributed by atoms with Crippen LogP contribution in [0.5, 0.6) is 0 Å². The predicted octanol–water partition coefficient (Wildman–Crippen LogP) is 3.22. The van der Waals surface area contributed by atoms with Gasteiger partial charge in [-0.25, -0.2) is 4.98 Å². The largest absolute Gasteiger partial charge is 0.468 e. The quantitative estimate of drug-likeness (QED) is 0.867. The molecule has 0 N–H and O–H groups in total. The summed E-state index contributed by atoms with van der Waals surface area (Å²) in [4.78, 5) is 9.54. The second-order valence-electron chi connectivity index (χ2n) is 6.74. The van der Waals surface area contributed by atoms with Gasteiger partial charge >= 0.3 is 0 Å². The molecule has 0 radical (unpaired) electrons. The normalized spacial score (nSPS) is 22.5. The van der Waals surface area contributed by atoms with Gasteiger partial charge in [-0.05, 0) is 56.4 Å².